The first kappa shape index (κ1) is 15.9. The molecule has 1 rings (SSSR count). The molecule has 1 fully saturated rings. The number of nitrogens with two attached hydrogens (primary N) is 1. The highest BCUT2D eigenvalue weighted by molar-refractivity contribution is 5.80. The zero-order valence-electron chi connectivity index (χ0n) is 11.7. The van der Waals surface area contributed by atoms with Crippen LogP contribution in [0.4, 0.5) is 0 Å². The van der Waals surface area contributed by atoms with Gasteiger partial charge in [-0.3, -0.25) is 9.59 Å². The first-order valence-corrected chi connectivity index (χ1v) is 7.02. The average Bonchev–Trinajstić information content (AvgIpc) is 2.45. The Morgan fingerprint density at radius 1 is 1.37 bits per heavy atom. The van der Waals surface area contributed by atoms with Crippen LogP contribution < -0.4 is 11.1 Å². The van der Waals surface area contributed by atoms with E-state index >= 15 is 0 Å². The lowest BCUT2D eigenvalue weighted by atomic mass is 10.0. The molecule has 1 atom stereocenters. The number of rotatable bonds is 7. The number of nitrogens with one attached hydrogen (secondary N) is 1. The summed E-state index contributed by atoms with van der Waals surface area (Å²) < 4.78 is 5.19. The second-order valence-electron chi connectivity index (χ2n) is 4.76. The summed E-state index contributed by atoms with van der Waals surface area (Å²) >= 11 is 0. The van der Waals surface area contributed by atoms with Crippen LogP contribution in [0.1, 0.15) is 26.2 Å². The van der Waals surface area contributed by atoms with E-state index in [1.807, 2.05) is 6.92 Å². The minimum absolute atomic E-state index is 0.0425. The molecule has 2 amide bonds. The average molecular weight is 271 g/mol. The number of ether oxygens (including phenoxy) is 1. The number of hydrogen-bond acceptors (Lipinski definition) is 4. The number of carbonyl (C=O) groups is 2. The maximum Gasteiger partial charge on any atom is 0.224 e. The predicted octanol–water partition coefficient (Wildman–Crippen LogP) is -0.273. The van der Waals surface area contributed by atoms with Crippen molar-refractivity contribution in [3.8, 4) is 0 Å². The van der Waals surface area contributed by atoms with Gasteiger partial charge >= 0.3 is 0 Å². The van der Waals surface area contributed by atoms with Crippen LogP contribution in [0.3, 0.4) is 0 Å². The van der Waals surface area contributed by atoms with Gasteiger partial charge in [-0.1, -0.05) is 13.3 Å². The van der Waals surface area contributed by atoms with Gasteiger partial charge in [-0.25, -0.2) is 0 Å². The van der Waals surface area contributed by atoms with Crippen molar-refractivity contribution in [2.75, 3.05) is 39.4 Å². The van der Waals surface area contributed by atoms with Gasteiger partial charge in [0.05, 0.1) is 19.1 Å². The number of amides is 2. The van der Waals surface area contributed by atoms with Crippen molar-refractivity contribution in [2.24, 2.45) is 11.7 Å². The lowest BCUT2D eigenvalue weighted by Gasteiger charge is -2.27. The molecule has 0 aromatic rings. The number of nitrogens with zero attached hydrogens (tertiary/aromatic N) is 1. The molecule has 0 aromatic carbocycles. The first-order valence-electron chi connectivity index (χ1n) is 7.02. The Bertz CT molecular complexity index is 274. The van der Waals surface area contributed by atoms with Crippen LogP contribution in [0, 0.1) is 5.92 Å². The molecule has 1 aliphatic heterocycles. The third-order valence-electron chi connectivity index (χ3n) is 3.29. The third kappa shape index (κ3) is 5.57. The van der Waals surface area contributed by atoms with E-state index in [4.69, 9.17) is 10.5 Å². The summed E-state index contributed by atoms with van der Waals surface area (Å²) in [6.45, 7) is 5.26. The van der Waals surface area contributed by atoms with Crippen molar-refractivity contribution in [3.05, 3.63) is 0 Å². The molecule has 0 spiro atoms. The summed E-state index contributed by atoms with van der Waals surface area (Å²) in [5.41, 5.74) is 5.56. The molecule has 6 heteroatoms. The Hall–Kier alpha value is -1.14. The Morgan fingerprint density at radius 2 is 2.05 bits per heavy atom. The molecular weight excluding hydrogens is 246 g/mol. The lowest BCUT2D eigenvalue weighted by Crippen LogP contribution is -2.42. The SMILES string of the molecule is CCCC(CN)C(=O)NCCC(=O)N1CCOCC1. The summed E-state index contributed by atoms with van der Waals surface area (Å²) in [5.74, 6) is -0.106. The van der Waals surface area contributed by atoms with Crippen LogP contribution in [0.5, 0.6) is 0 Å². The van der Waals surface area contributed by atoms with E-state index in [0.29, 0.717) is 45.8 Å². The number of carbonyl (C=O) groups excluding carboxylic acids is 2. The van der Waals surface area contributed by atoms with Crippen LogP contribution in [-0.2, 0) is 14.3 Å². The van der Waals surface area contributed by atoms with Gasteiger partial charge in [0.25, 0.3) is 0 Å². The first-order chi connectivity index (χ1) is 9.19. The van der Waals surface area contributed by atoms with Crippen LogP contribution in [0.15, 0.2) is 0 Å². The van der Waals surface area contributed by atoms with E-state index in [1.54, 1.807) is 4.90 Å². The van der Waals surface area contributed by atoms with Crippen LogP contribution in [0.25, 0.3) is 0 Å². The molecule has 6 nitrogen and oxygen atoms in total. The minimum Gasteiger partial charge on any atom is -0.378 e. The maximum absolute atomic E-state index is 11.8. The van der Waals surface area contributed by atoms with Gasteiger partial charge in [-0.2, -0.15) is 0 Å². The zero-order chi connectivity index (χ0) is 14.1. The molecule has 1 unspecified atom stereocenters. The molecule has 0 aromatic heterocycles. The summed E-state index contributed by atoms with van der Waals surface area (Å²) in [5, 5.41) is 2.79. The van der Waals surface area contributed by atoms with Gasteiger partial charge in [0.15, 0.2) is 0 Å². The van der Waals surface area contributed by atoms with Gasteiger partial charge in [-0.05, 0) is 6.42 Å². The largest absolute Gasteiger partial charge is 0.378 e. The summed E-state index contributed by atoms with van der Waals surface area (Å²) in [7, 11) is 0. The van der Waals surface area contributed by atoms with Gasteiger partial charge in [0, 0.05) is 32.6 Å². The molecule has 1 aliphatic rings. The molecular formula is C13H25N3O3. The molecule has 0 aliphatic carbocycles. The van der Waals surface area contributed by atoms with Crippen molar-refractivity contribution >= 4 is 11.8 Å². The quantitative estimate of drug-likeness (QED) is 0.667. The third-order valence-corrected chi connectivity index (χ3v) is 3.29. The second kappa shape index (κ2) is 8.87. The van der Waals surface area contributed by atoms with Gasteiger partial charge in [0.1, 0.15) is 0 Å². The van der Waals surface area contributed by atoms with E-state index in [0.717, 1.165) is 12.8 Å². The van der Waals surface area contributed by atoms with Crippen LogP contribution in [-0.4, -0.2) is 56.1 Å². The van der Waals surface area contributed by atoms with E-state index in [-0.39, 0.29) is 17.7 Å². The standard InChI is InChI=1S/C13H25N3O3/c1-2-3-11(10-14)13(18)15-5-4-12(17)16-6-8-19-9-7-16/h11H,2-10,14H2,1H3,(H,15,18). The van der Waals surface area contributed by atoms with E-state index < -0.39 is 0 Å². The molecule has 0 radical (unpaired) electrons. The van der Waals surface area contributed by atoms with E-state index in [1.165, 1.54) is 0 Å². The van der Waals surface area contributed by atoms with E-state index in [9.17, 15) is 9.59 Å². The fourth-order valence-electron chi connectivity index (χ4n) is 2.11. The Morgan fingerprint density at radius 3 is 2.63 bits per heavy atom. The predicted molar refractivity (Wildman–Crippen MR) is 72.5 cm³/mol. The van der Waals surface area contributed by atoms with Gasteiger partial charge < -0.3 is 20.7 Å². The number of morpholine rings is 1. The van der Waals surface area contributed by atoms with Gasteiger partial charge in [0.2, 0.25) is 11.8 Å². The van der Waals surface area contributed by atoms with Crippen molar-refractivity contribution in [3.63, 3.8) is 0 Å². The second-order valence-corrected chi connectivity index (χ2v) is 4.76. The van der Waals surface area contributed by atoms with Crippen molar-refractivity contribution in [2.45, 2.75) is 26.2 Å². The van der Waals surface area contributed by atoms with Crippen molar-refractivity contribution in [1.82, 2.24) is 10.2 Å². The van der Waals surface area contributed by atoms with Crippen LogP contribution in [0.2, 0.25) is 0 Å². The lowest BCUT2D eigenvalue weighted by molar-refractivity contribution is -0.135. The smallest absolute Gasteiger partial charge is 0.224 e. The molecule has 1 saturated heterocycles. The van der Waals surface area contributed by atoms with Gasteiger partial charge in [-0.15, -0.1) is 0 Å². The minimum atomic E-state index is -0.136. The highest BCUT2D eigenvalue weighted by atomic mass is 16.5. The van der Waals surface area contributed by atoms with Crippen molar-refractivity contribution in [1.29, 1.82) is 0 Å². The summed E-state index contributed by atoms with van der Waals surface area (Å²) in [6.07, 6.45) is 2.07. The molecule has 3 N–H and O–H groups in total. The summed E-state index contributed by atoms with van der Waals surface area (Å²) in [6, 6.07) is 0. The number of hydrogen-bond donors (Lipinski definition) is 2. The van der Waals surface area contributed by atoms with E-state index in [2.05, 4.69) is 5.32 Å². The zero-order valence-corrected chi connectivity index (χ0v) is 11.7. The highest BCUT2D eigenvalue weighted by Gasteiger charge is 2.18. The Labute approximate surface area is 114 Å². The molecule has 1 heterocycles. The highest BCUT2D eigenvalue weighted by Crippen LogP contribution is 2.04. The Balaban J connectivity index is 2.21. The summed E-state index contributed by atoms with van der Waals surface area (Å²) in [4.78, 5) is 25.4. The molecule has 19 heavy (non-hydrogen) atoms. The Kier molecular flexibility index (Phi) is 7.43. The topological polar surface area (TPSA) is 84.7 Å². The molecule has 0 bridgehead atoms. The maximum atomic E-state index is 11.8. The monoisotopic (exact) mass is 271 g/mol. The molecule has 110 valence electrons. The van der Waals surface area contributed by atoms with Crippen LogP contribution >= 0.6 is 0 Å². The fourth-order valence-corrected chi connectivity index (χ4v) is 2.11. The van der Waals surface area contributed by atoms with Crippen molar-refractivity contribution < 1.29 is 14.3 Å². The molecule has 0 saturated carbocycles. The normalized spacial score (nSPS) is 17.1. The fraction of sp³-hybridized carbons (Fsp3) is 0.846.